The van der Waals surface area contributed by atoms with Gasteiger partial charge in [-0.05, 0) is 25.1 Å². The first-order chi connectivity index (χ1) is 8.16. The summed E-state index contributed by atoms with van der Waals surface area (Å²) in [5, 5.41) is 3.28. The molecule has 5 heteroatoms. The van der Waals surface area contributed by atoms with Gasteiger partial charge in [0.15, 0.2) is 0 Å². The topological polar surface area (TPSA) is 24.9 Å². The molecule has 0 aliphatic rings. The van der Waals surface area contributed by atoms with Crippen molar-refractivity contribution in [1.29, 1.82) is 0 Å². The van der Waals surface area contributed by atoms with Crippen LogP contribution in [0.5, 0.6) is 0 Å². The lowest BCUT2D eigenvalue weighted by molar-refractivity contribution is 0.530. The molecule has 0 bridgehead atoms. The Bertz CT molecular complexity index is 487. The van der Waals surface area contributed by atoms with Crippen molar-refractivity contribution in [2.75, 3.05) is 0 Å². The van der Waals surface area contributed by atoms with Crippen LogP contribution in [0.3, 0.4) is 0 Å². The van der Waals surface area contributed by atoms with Crippen molar-refractivity contribution in [2.24, 2.45) is 0 Å². The van der Waals surface area contributed by atoms with Crippen molar-refractivity contribution in [3.63, 3.8) is 0 Å². The normalized spacial score (nSPS) is 12.6. The summed E-state index contributed by atoms with van der Waals surface area (Å²) in [5.74, 6) is -0.183. The third-order valence-corrected chi connectivity index (χ3v) is 3.76. The Labute approximate surface area is 112 Å². The van der Waals surface area contributed by atoms with Crippen LogP contribution < -0.4 is 5.32 Å². The summed E-state index contributed by atoms with van der Waals surface area (Å²) in [7, 11) is 0. The molecule has 90 valence electrons. The predicted octanol–water partition coefficient (Wildman–Crippen LogP) is 3.90. The molecule has 1 aromatic carbocycles. The first kappa shape index (κ1) is 12.7. The van der Waals surface area contributed by atoms with Crippen LogP contribution in [0.1, 0.15) is 23.4 Å². The fourth-order valence-electron chi connectivity index (χ4n) is 1.54. The lowest BCUT2D eigenvalue weighted by Gasteiger charge is -2.14. The number of nitrogens with zero attached hydrogens (tertiary/aromatic N) is 1. The largest absolute Gasteiger partial charge is 0.305 e. The van der Waals surface area contributed by atoms with Gasteiger partial charge in [0.2, 0.25) is 0 Å². The van der Waals surface area contributed by atoms with Crippen molar-refractivity contribution in [1.82, 2.24) is 10.3 Å². The average Bonchev–Trinajstić information content (AvgIpc) is 2.82. The summed E-state index contributed by atoms with van der Waals surface area (Å²) >= 11 is 4.94. The number of benzene rings is 1. The van der Waals surface area contributed by atoms with E-state index in [1.807, 2.05) is 13.1 Å². The van der Waals surface area contributed by atoms with Crippen molar-refractivity contribution < 1.29 is 4.39 Å². The molecule has 0 radical (unpaired) electrons. The molecule has 1 N–H and O–H groups in total. The van der Waals surface area contributed by atoms with E-state index < -0.39 is 0 Å². The maximum absolute atomic E-state index is 13.6. The van der Waals surface area contributed by atoms with Gasteiger partial charge in [-0.1, -0.05) is 15.9 Å². The van der Waals surface area contributed by atoms with E-state index in [0.717, 1.165) is 9.35 Å². The Hall–Kier alpha value is -0.780. The van der Waals surface area contributed by atoms with Gasteiger partial charge in [0, 0.05) is 33.7 Å². The molecule has 2 rings (SSSR count). The summed E-state index contributed by atoms with van der Waals surface area (Å²) in [4.78, 5) is 5.15. The predicted molar refractivity (Wildman–Crippen MR) is 71.5 cm³/mol. The quantitative estimate of drug-likeness (QED) is 0.926. The van der Waals surface area contributed by atoms with E-state index in [1.165, 1.54) is 6.07 Å². The van der Waals surface area contributed by atoms with Crippen LogP contribution in [-0.2, 0) is 6.54 Å². The highest BCUT2D eigenvalue weighted by atomic mass is 79.9. The second-order valence-electron chi connectivity index (χ2n) is 3.74. The van der Waals surface area contributed by atoms with Gasteiger partial charge in [-0.3, -0.25) is 4.98 Å². The van der Waals surface area contributed by atoms with E-state index >= 15 is 0 Å². The number of nitrogens with one attached hydrogen (secondary N) is 1. The standard InChI is InChI=1S/C12H12BrFN2S/c1-8(16-6-10-5-15-7-17-10)11-4-9(13)2-3-12(11)14/h2-5,7-8,16H,6H2,1H3. The summed E-state index contributed by atoms with van der Waals surface area (Å²) in [6, 6.07) is 4.95. The van der Waals surface area contributed by atoms with E-state index in [4.69, 9.17) is 0 Å². The Balaban J connectivity index is 2.04. The highest BCUT2D eigenvalue weighted by Crippen LogP contribution is 2.22. The molecule has 0 aliphatic carbocycles. The number of thiazole rings is 1. The van der Waals surface area contributed by atoms with Crippen LogP contribution in [0.2, 0.25) is 0 Å². The zero-order valence-electron chi connectivity index (χ0n) is 9.28. The highest BCUT2D eigenvalue weighted by molar-refractivity contribution is 9.10. The van der Waals surface area contributed by atoms with Gasteiger partial charge in [-0.15, -0.1) is 11.3 Å². The van der Waals surface area contributed by atoms with Crippen LogP contribution in [0.15, 0.2) is 34.4 Å². The molecule has 1 aromatic heterocycles. The Kier molecular flexibility index (Phi) is 4.25. The molecule has 0 saturated heterocycles. The maximum Gasteiger partial charge on any atom is 0.128 e. The molecule has 0 amide bonds. The average molecular weight is 315 g/mol. The zero-order chi connectivity index (χ0) is 12.3. The Morgan fingerprint density at radius 1 is 1.53 bits per heavy atom. The molecular weight excluding hydrogens is 303 g/mol. The molecule has 2 aromatic rings. The molecule has 0 saturated carbocycles. The van der Waals surface area contributed by atoms with Crippen molar-refractivity contribution in [2.45, 2.75) is 19.5 Å². The van der Waals surface area contributed by atoms with Gasteiger partial charge in [0.05, 0.1) is 5.51 Å². The lowest BCUT2D eigenvalue weighted by Crippen LogP contribution is -2.18. The first-order valence-electron chi connectivity index (χ1n) is 5.22. The second kappa shape index (κ2) is 5.71. The van der Waals surface area contributed by atoms with Gasteiger partial charge in [-0.25, -0.2) is 4.39 Å². The fourth-order valence-corrected chi connectivity index (χ4v) is 2.46. The summed E-state index contributed by atoms with van der Waals surface area (Å²) in [6.45, 7) is 2.66. The molecule has 0 aliphatic heterocycles. The molecule has 1 unspecified atom stereocenters. The molecule has 17 heavy (non-hydrogen) atoms. The SMILES string of the molecule is CC(NCc1cncs1)c1cc(Br)ccc1F. The van der Waals surface area contributed by atoms with Crippen LogP contribution >= 0.6 is 27.3 Å². The van der Waals surface area contributed by atoms with E-state index in [0.29, 0.717) is 12.1 Å². The van der Waals surface area contributed by atoms with E-state index in [-0.39, 0.29) is 11.9 Å². The molecule has 1 atom stereocenters. The molecule has 0 spiro atoms. The number of rotatable bonds is 4. The summed E-state index contributed by atoms with van der Waals surface area (Å²) in [5.41, 5.74) is 2.46. The molecular formula is C12H12BrFN2S. The number of halogens is 2. The second-order valence-corrected chi connectivity index (χ2v) is 5.62. The van der Waals surface area contributed by atoms with Crippen molar-refractivity contribution in [3.8, 4) is 0 Å². The monoisotopic (exact) mass is 314 g/mol. The van der Waals surface area contributed by atoms with Crippen LogP contribution in [0, 0.1) is 5.82 Å². The molecule has 2 nitrogen and oxygen atoms in total. The number of hydrogen-bond donors (Lipinski definition) is 1. The fraction of sp³-hybridized carbons (Fsp3) is 0.250. The Morgan fingerprint density at radius 2 is 2.35 bits per heavy atom. The lowest BCUT2D eigenvalue weighted by atomic mass is 10.1. The van der Waals surface area contributed by atoms with Crippen LogP contribution in [0.4, 0.5) is 4.39 Å². The van der Waals surface area contributed by atoms with Crippen molar-refractivity contribution >= 4 is 27.3 Å². The maximum atomic E-state index is 13.6. The Morgan fingerprint density at radius 3 is 3.06 bits per heavy atom. The van der Waals surface area contributed by atoms with Gasteiger partial charge in [0.1, 0.15) is 5.82 Å². The third kappa shape index (κ3) is 3.34. The van der Waals surface area contributed by atoms with Crippen LogP contribution in [0.25, 0.3) is 0 Å². The minimum Gasteiger partial charge on any atom is -0.305 e. The van der Waals surface area contributed by atoms with Gasteiger partial charge >= 0.3 is 0 Å². The number of aromatic nitrogens is 1. The van der Waals surface area contributed by atoms with Crippen LogP contribution in [-0.4, -0.2) is 4.98 Å². The smallest absolute Gasteiger partial charge is 0.128 e. The molecule has 1 heterocycles. The van der Waals surface area contributed by atoms with Gasteiger partial charge < -0.3 is 5.32 Å². The van der Waals surface area contributed by atoms with E-state index in [2.05, 4.69) is 26.2 Å². The van der Waals surface area contributed by atoms with E-state index in [9.17, 15) is 4.39 Å². The zero-order valence-corrected chi connectivity index (χ0v) is 11.7. The minimum absolute atomic E-state index is 0.0328. The van der Waals surface area contributed by atoms with E-state index in [1.54, 1.807) is 29.0 Å². The number of hydrogen-bond acceptors (Lipinski definition) is 3. The third-order valence-electron chi connectivity index (χ3n) is 2.49. The highest BCUT2D eigenvalue weighted by Gasteiger charge is 2.11. The summed E-state index contributed by atoms with van der Waals surface area (Å²) in [6.07, 6.45) is 1.82. The van der Waals surface area contributed by atoms with Crippen molar-refractivity contribution in [3.05, 3.63) is 50.6 Å². The summed E-state index contributed by atoms with van der Waals surface area (Å²) < 4.78 is 14.5. The molecule has 0 fully saturated rings. The van der Waals surface area contributed by atoms with Gasteiger partial charge in [0.25, 0.3) is 0 Å². The van der Waals surface area contributed by atoms with Gasteiger partial charge in [-0.2, -0.15) is 0 Å². The minimum atomic E-state index is -0.183. The first-order valence-corrected chi connectivity index (χ1v) is 6.90.